The van der Waals surface area contributed by atoms with Gasteiger partial charge in [-0.05, 0) is 18.6 Å². The minimum atomic E-state index is -1.21. The van der Waals surface area contributed by atoms with E-state index in [2.05, 4.69) is 5.32 Å². The van der Waals surface area contributed by atoms with Crippen LogP contribution >= 0.6 is 0 Å². The lowest BCUT2D eigenvalue weighted by molar-refractivity contribution is -0.141. The Labute approximate surface area is 91.1 Å². The highest BCUT2D eigenvalue weighted by Crippen LogP contribution is 2.35. The average Bonchev–Trinajstić information content (AvgIpc) is 2.52. The molecule has 0 saturated carbocycles. The maximum atomic E-state index is 11.4. The maximum Gasteiger partial charge on any atom is 0.320 e. The predicted molar refractivity (Wildman–Crippen MR) is 55.5 cm³/mol. The van der Waals surface area contributed by atoms with Gasteiger partial charge in [0.15, 0.2) is 11.7 Å². The number of ketones is 1. The van der Waals surface area contributed by atoms with Crippen molar-refractivity contribution in [2.45, 2.75) is 12.8 Å². The SMILES string of the molecule is CC(=O)c1cccc2c1NC(=O)C2C(=O)O. The van der Waals surface area contributed by atoms with Gasteiger partial charge in [0.1, 0.15) is 0 Å². The molecule has 1 atom stereocenters. The summed E-state index contributed by atoms with van der Waals surface area (Å²) in [4.78, 5) is 33.6. The van der Waals surface area contributed by atoms with Crippen LogP contribution in [0, 0.1) is 0 Å². The van der Waals surface area contributed by atoms with E-state index in [0.717, 1.165) is 0 Å². The molecule has 1 amide bonds. The molecular weight excluding hydrogens is 210 g/mol. The zero-order valence-corrected chi connectivity index (χ0v) is 8.48. The summed E-state index contributed by atoms with van der Waals surface area (Å²) < 4.78 is 0. The molecule has 0 aromatic heterocycles. The van der Waals surface area contributed by atoms with Crippen LogP contribution in [0.25, 0.3) is 0 Å². The molecule has 1 aromatic carbocycles. The Kier molecular flexibility index (Phi) is 2.23. The highest BCUT2D eigenvalue weighted by Gasteiger charge is 2.37. The number of rotatable bonds is 2. The second kappa shape index (κ2) is 3.44. The Morgan fingerprint density at radius 2 is 2.06 bits per heavy atom. The third-order valence-electron chi connectivity index (χ3n) is 2.54. The maximum absolute atomic E-state index is 11.4. The molecule has 82 valence electrons. The van der Waals surface area contributed by atoms with Crippen LogP contribution in [0.2, 0.25) is 0 Å². The van der Waals surface area contributed by atoms with Crippen LogP contribution in [0.3, 0.4) is 0 Å². The quantitative estimate of drug-likeness (QED) is 0.574. The molecule has 5 nitrogen and oxygen atoms in total. The van der Waals surface area contributed by atoms with E-state index in [-0.39, 0.29) is 5.78 Å². The average molecular weight is 219 g/mol. The summed E-state index contributed by atoms with van der Waals surface area (Å²) in [7, 11) is 0. The molecule has 1 heterocycles. The molecule has 1 aliphatic rings. The van der Waals surface area contributed by atoms with E-state index in [4.69, 9.17) is 5.11 Å². The summed E-state index contributed by atoms with van der Waals surface area (Å²) in [5.41, 5.74) is 1.02. The summed E-state index contributed by atoms with van der Waals surface area (Å²) in [6.07, 6.45) is 0. The lowest BCUT2D eigenvalue weighted by Gasteiger charge is -2.04. The van der Waals surface area contributed by atoms with Crippen LogP contribution in [0.4, 0.5) is 5.69 Å². The highest BCUT2D eigenvalue weighted by atomic mass is 16.4. The van der Waals surface area contributed by atoms with Crippen LogP contribution in [0.15, 0.2) is 18.2 Å². The number of fused-ring (bicyclic) bond motifs is 1. The zero-order chi connectivity index (χ0) is 11.9. The van der Waals surface area contributed by atoms with Crippen molar-refractivity contribution in [3.05, 3.63) is 29.3 Å². The topological polar surface area (TPSA) is 83.5 Å². The number of hydrogen-bond donors (Lipinski definition) is 2. The second-order valence-electron chi connectivity index (χ2n) is 3.59. The number of benzene rings is 1. The summed E-state index contributed by atoms with van der Waals surface area (Å²) in [5.74, 6) is -3.23. The number of Topliss-reactive ketones (excluding diaryl/α,β-unsaturated/α-hetero) is 1. The van der Waals surface area contributed by atoms with E-state index in [1.807, 2.05) is 0 Å². The molecule has 0 saturated heterocycles. The number of para-hydroxylation sites is 1. The van der Waals surface area contributed by atoms with Crippen molar-refractivity contribution in [1.82, 2.24) is 0 Å². The number of aliphatic carboxylic acids is 1. The first kappa shape index (κ1) is 10.4. The minimum absolute atomic E-state index is 0.205. The van der Waals surface area contributed by atoms with Crippen molar-refractivity contribution in [1.29, 1.82) is 0 Å². The van der Waals surface area contributed by atoms with E-state index >= 15 is 0 Å². The molecule has 16 heavy (non-hydrogen) atoms. The number of carbonyl (C=O) groups excluding carboxylic acids is 2. The largest absolute Gasteiger partial charge is 0.480 e. The summed E-state index contributed by atoms with van der Waals surface area (Å²) >= 11 is 0. The van der Waals surface area contributed by atoms with Gasteiger partial charge in [-0.1, -0.05) is 12.1 Å². The Bertz CT molecular complexity index is 507. The number of carbonyl (C=O) groups is 3. The number of amides is 1. The number of anilines is 1. The third kappa shape index (κ3) is 1.37. The fraction of sp³-hybridized carbons (Fsp3) is 0.182. The number of hydrogen-bond acceptors (Lipinski definition) is 3. The Hall–Kier alpha value is -2.17. The third-order valence-corrected chi connectivity index (χ3v) is 2.54. The fourth-order valence-corrected chi connectivity index (χ4v) is 1.83. The minimum Gasteiger partial charge on any atom is -0.480 e. The van der Waals surface area contributed by atoms with Crippen molar-refractivity contribution in [3.63, 3.8) is 0 Å². The van der Waals surface area contributed by atoms with Gasteiger partial charge in [-0.15, -0.1) is 0 Å². The van der Waals surface area contributed by atoms with Gasteiger partial charge in [0.05, 0.1) is 5.69 Å². The number of nitrogens with one attached hydrogen (secondary N) is 1. The molecule has 0 spiro atoms. The van der Waals surface area contributed by atoms with Crippen LogP contribution in [0.5, 0.6) is 0 Å². The van der Waals surface area contributed by atoms with Crippen LogP contribution in [-0.2, 0) is 9.59 Å². The molecule has 0 radical (unpaired) electrons. The smallest absolute Gasteiger partial charge is 0.320 e. The predicted octanol–water partition coefficient (Wildman–Crippen LogP) is 1.01. The molecule has 1 aromatic rings. The van der Waals surface area contributed by atoms with Crippen molar-refractivity contribution >= 4 is 23.3 Å². The standard InChI is InChI=1S/C11H9NO4/c1-5(13)6-3-2-4-7-8(11(15)16)10(14)12-9(6)7/h2-4,8H,1H3,(H,12,14)(H,15,16). The summed E-state index contributed by atoms with van der Waals surface area (Å²) in [6.45, 7) is 1.37. The Morgan fingerprint density at radius 1 is 1.38 bits per heavy atom. The first-order valence-electron chi connectivity index (χ1n) is 4.70. The highest BCUT2D eigenvalue weighted by molar-refractivity contribution is 6.17. The monoisotopic (exact) mass is 219 g/mol. The molecule has 1 aliphatic heterocycles. The van der Waals surface area contributed by atoms with Gasteiger partial charge in [-0.3, -0.25) is 14.4 Å². The normalized spacial score (nSPS) is 17.8. The molecular formula is C11H9NO4. The van der Waals surface area contributed by atoms with Crippen LogP contribution in [0.1, 0.15) is 28.8 Å². The Morgan fingerprint density at radius 3 is 2.62 bits per heavy atom. The molecule has 5 heteroatoms. The molecule has 2 N–H and O–H groups in total. The number of carboxylic acids is 1. The van der Waals surface area contributed by atoms with E-state index in [9.17, 15) is 14.4 Å². The summed E-state index contributed by atoms with van der Waals surface area (Å²) in [5, 5.41) is 11.4. The van der Waals surface area contributed by atoms with Crippen molar-refractivity contribution in [2.75, 3.05) is 5.32 Å². The van der Waals surface area contributed by atoms with E-state index in [0.29, 0.717) is 16.8 Å². The first-order valence-corrected chi connectivity index (χ1v) is 4.70. The van der Waals surface area contributed by atoms with Crippen LogP contribution in [-0.4, -0.2) is 22.8 Å². The molecule has 2 rings (SSSR count). The van der Waals surface area contributed by atoms with Gasteiger partial charge in [0, 0.05) is 5.56 Å². The number of carboxylic acid groups (broad SMARTS) is 1. The van der Waals surface area contributed by atoms with Gasteiger partial charge in [-0.2, -0.15) is 0 Å². The van der Waals surface area contributed by atoms with Gasteiger partial charge >= 0.3 is 5.97 Å². The lowest BCUT2D eigenvalue weighted by atomic mass is 9.98. The van der Waals surface area contributed by atoms with Crippen molar-refractivity contribution in [2.24, 2.45) is 0 Å². The van der Waals surface area contributed by atoms with Gasteiger partial charge < -0.3 is 10.4 Å². The van der Waals surface area contributed by atoms with Gasteiger partial charge in [-0.25, -0.2) is 0 Å². The fourth-order valence-electron chi connectivity index (χ4n) is 1.83. The molecule has 0 bridgehead atoms. The van der Waals surface area contributed by atoms with Gasteiger partial charge in [0.25, 0.3) is 0 Å². The molecule has 1 unspecified atom stereocenters. The second-order valence-corrected chi connectivity index (χ2v) is 3.59. The molecule has 0 fully saturated rings. The van der Waals surface area contributed by atoms with E-state index < -0.39 is 17.8 Å². The van der Waals surface area contributed by atoms with Gasteiger partial charge in [0.2, 0.25) is 5.91 Å². The van der Waals surface area contributed by atoms with E-state index in [1.165, 1.54) is 6.92 Å². The first-order chi connectivity index (χ1) is 7.52. The Balaban J connectivity index is 2.61. The molecule has 0 aliphatic carbocycles. The van der Waals surface area contributed by atoms with Crippen LogP contribution < -0.4 is 5.32 Å². The van der Waals surface area contributed by atoms with Crippen molar-refractivity contribution < 1.29 is 19.5 Å². The lowest BCUT2D eigenvalue weighted by Crippen LogP contribution is -2.20. The zero-order valence-electron chi connectivity index (χ0n) is 8.48. The van der Waals surface area contributed by atoms with Crippen molar-refractivity contribution in [3.8, 4) is 0 Å². The van der Waals surface area contributed by atoms with E-state index in [1.54, 1.807) is 18.2 Å². The summed E-state index contributed by atoms with van der Waals surface area (Å²) in [6, 6.07) is 4.68.